The number of aliphatic hydroxyl groups excluding tert-OH is 23. The Kier molecular flexibility index (Phi) is 22.6. The van der Waals surface area contributed by atoms with E-state index in [0.717, 1.165) is 0 Å². The standard InChI is InChI=1S/C42H72O36/c43-1-8-17(51)24(58)32(36(65)67-8)75-41-33(25(59)18(52)12(5-47)71-41)77-39-30(64)31(21(55)14(73-39)7-66-37-28(62)22(56)15(49)9(2-44)68-37)74-40-35(27(61)20(54)11(4-46)70-40)78-42-34(26(60)19(53)13(6-48)72-42)76-38-29(63)23(57)16(50)10(3-45)69-38/h8-65H,1-7H2/t8-,9-,10-,11-,12-,13-,14-,15-,16-,17-,18-,19-,20-,21-,22+,23+,24+,25+,26+,27+,28+,29+,30+,31+,32+,33+,34+,35+,36?,37+,38+,39-,40-,41-,42+/m1/s1. The van der Waals surface area contributed by atoms with E-state index in [2.05, 4.69) is 0 Å². The van der Waals surface area contributed by atoms with Gasteiger partial charge in [-0.3, -0.25) is 0 Å². The topological polar surface area (TPSA) is 585 Å². The third kappa shape index (κ3) is 13.1. The van der Waals surface area contributed by atoms with E-state index in [0.29, 0.717) is 0 Å². The number of rotatable bonds is 19. The Labute approximate surface area is 439 Å². The van der Waals surface area contributed by atoms with Gasteiger partial charge in [-0.25, -0.2) is 0 Å². The summed E-state index contributed by atoms with van der Waals surface area (Å²) in [6.07, 6.45) is -71.9. The van der Waals surface area contributed by atoms with Crippen LogP contribution in [0.25, 0.3) is 0 Å². The van der Waals surface area contributed by atoms with E-state index in [1.165, 1.54) is 0 Å². The summed E-state index contributed by atoms with van der Waals surface area (Å²) in [5.74, 6) is 0. The smallest absolute Gasteiger partial charge is 0.187 e. The predicted octanol–water partition coefficient (Wildman–Crippen LogP) is -16.3. The number of aliphatic hydroxyl groups is 23. The molecule has 1 unspecified atom stereocenters. The lowest BCUT2D eigenvalue weighted by Crippen LogP contribution is -2.69. The van der Waals surface area contributed by atoms with Gasteiger partial charge in [0.05, 0.1) is 46.2 Å². The van der Waals surface area contributed by atoms with Gasteiger partial charge < -0.3 is 179 Å². The maximum Gasteiger partial charge on any atom is 0.187 e. The summed E-state index contributed by atoms with van der Waals surface area (Å²) < 4.78 is 73.7. The van der Waals surface area contributed by atoms with E-state index < -0.39 is 261 Å². The average molecular weight is 1150 g/mol. The van der Waals surface area contributed by atoms with Crippen LogP contribution in [-0.4, -0.2) is 379 Å². The fraction of sp³-hybridized carbons (Fsp3) is 1.00. The van der Waals surface area contributed by atoms with Crippen molar-refractivity contribution in [1.29, 1.82) is 0 Å². The van der Waals surface area contributed by atoms with Gasteiger partial charge in [-0.15, -0.1) is 0 Å². The summed E-state index contributed by atoms with van der Waals surface area (Å²) in [5.41, 5.74) is 0. The van der Waals surface area contributed by atoms with Gasteiger partial charge in [-0.2, -0.15) is 0 Å². The highest BCUT2D eigenvalue weighted by molar-refractivity contribution is 5.00. The molecule has 35 atom stereocenters. The Morgan fingerprint density at radius 3 is 0.885 bits per heavy atom. The monoisotopic (exact) mass is 1150 g/mol. The summed E-state index contributed by atoms with van der Waals surface area (Å²) in [6.45, 7) is -6.96. The zero-order valence-electron chi connectivity index (χ0n) is 40.8. The first kappa shape index (κ1) is 64.1. The van der Waals surface area contributed by atoms with Crippen LogP contribution in [0.5, 0.6) is 0 Å². The van der Waals surface area contributed by atoms with Crippen molar-refractivity contribution in [3.8, 4) is 0 Å². The van der Waals surface area contributed by atoms with Crippen LogP contribution in [0.15, 0.2) is 0 Å². The minimum atomic E-state index is -2.46. The van der Waals surface area contributed by atoms with Gasteiger partial charge in [0, 0.05) is 0 Å². The molecule has 456 valence electrons. The lowest BCUT2D eigenvalue weighted by atomic mass is 9.95. The zero-order chi connectivity index (χ0) is 57.3. The molecule has 0 aliphatic carbocycles. The van der Waals surface area contributed by atoms with Gasteiger partial charge in [0.15, 0.2) is 44.0 Å². The van der Waals surface area contributed by atoms with Crippen molar-refractivity contribution in [2.24, 2.45) is 0 Å². The van der Waals surface area contributed by atoms with E-state index in [1.54, 1.807) is 0 Å². The molecule has 36 nitrogen and oxygen atoms in total. The van der Waals surface area contributed by atoms with Crippen LogP contribution in [0.2, 0.25) is 0 Å². The molecule has 0 bridgehead atoms. The molecule has 7 aliphatic rings. The van der Waals surface area contributed by atoms with Crippen LogP contribution < -0.4 is 0 Å². The van der Waals surface area contributed by atoms with Crippen LogP contribution in [0, 0.1) is 0 Å². The minimum Gasteiger partial charge on any atom is -0.394 e. The van der Waals surface area contributed by atoms with Gasteiger partial charge >= 0.3 is 0 Å². The molecule has 36 heteroatoms. The quantitative estimate of drug-likeness (QED) is 0.0571. The van der Waals surface area contributed by atoms with Crippen molar-refractivity contribution >= 4 is 0 Å². The Morgan fingerprint density at radius 1 is 0.218 bits per heavy atom. The first-order chi connectivity index (χ1) is 37.0. The van der Waals surface area contributed by atoms with Crippen LogP contribution in [0.3, 0.4) is 0 Å². The highest BCUT2D eigenvalue weighted by Crippen LogP contribution is 2.38. The molecular weight excluding hydrogens is 1080 g/mol. The molecule has 0 aromatic carbocycles. The zero-order valence-corrected chi connectivity index (χ0v) is 40.8. The minimum absolute atomic E-state index is 0.899. The van der Waals surface area contributed by atoms with Crippen molar-refractivity contribution in [2.75, 3.05) is 46.2 Å². The van der Waals surface area contributed by atoms with Gasteiger partial charge in [-0.1, -0.05) is 0 Å². The van der Waals surface area contributed by atoms with Gasteiger partial charge in [0.1, 0.15) is 171 Å². The summed E-state index contributed by atoms with van der Waals surface area (Å²) in [6, 6.07) is 0. The molecule has 0 aromatic rings. The van der Waals surface area contributed by atoms with Crippen molar-refractivity contribution in [3.63, 3.8) is 0 Å². The fourth-order valence-corrected chi connectivity index (χ4v) is 9.81. The maximum atomic E-state index is 12.1. The van der Waals surface area contributed by atoms with Crippen LogP contribution in [0.4, 0.5) is 0 Å². The number of ether oxygens (including phenoxy) is 13. The Bertz CT molecular complexity index is 1820. The molecule has 78 heavy (non-hydrogen) atoms. The lowest BCUT2D eigenvalue weighted by Gasteiger charge is -2.50. The molecular formula is C42H72O36. The highest BCUT2D eigenvalue weighted by atomic mass is 16.8. The Balaban J connectivity index is 1.21. The predicted molar refractivity (Wildman–Crippen MR) is 232 cm³/mol. The van der Waals surface area contributed by atoms with E-state index in [1.807, 2.05) is 0 Å². The molecule has 7 rings (SSSR count). The van der Waals surface area contributed by atoms with Crippen LogP contribution in [0.1, 0.15) is 0 Å². The molecule has 0 spiro atoms. The molecule has 7 fully saturated rings. The third-order valence-corrected chi connectivity index (χ3v) is 14.5. The van der Waals surface area contributed by atoms with Crippen molar-refractivity contribution in [2.45, 2.75) is 215 Å². The average Bonchev–Trinajstić information content (AvgIpc) is 3.48. The normalized spacial score (nSPS) is 53.5. The summed E-state index contributed by atoms with van der Waals surface area (Å²) >= 11 is 0. The Morgan fingerprint density at radius 2 is 0.487 bits per heavy atom. The molecule has 0 aromatic heterocycles. The molecule has 7 saturated heterocycles. The van der Waals surface area contributed by atoms with Gasteiger partial charge in [0.2, 0.25) is 0 Å². The number of hydrogen-bond acceptors (Lipinski definition) is 36. The largest absolute Gasteiger partial charge is 0.394 e. The SMILES string of the molecule is OC[C@H]1O[C@@H](O[C@@H]2[C@H](O[C@@H]3[C@@H](O[C@@H]4[C@H](O)[C@@H](O[C@@H]5[C@@H](O[C@@H]6C(O)O[C@H](CO)[C@@H](O)[C@@H]6O)O[C@H](CO)[C@@H](O)[C@@H]5O)O[C@H](CO[C@H]5O[C@H](CO)[C@@H](O)[C@H](O)[C@@H]5O)[C@H]4O)O[C@H](CO)[C@@H](O)[C@@H]3O)O[C@H](CO)[C@@H](O)[C@@H]2O)[C@@H](O)[C@@H](O)[C@@H]1O. The molecule has 0 saturated carbocycles. The second-order valence-electron chi connectivity index (χ2n) is 19.6. The summed E-state index contributed by atoms with van der Waals surface area (Å²) in [4.78, 5) is 0. The number of hydrogen-bond donors (Lipinski definition) is 23. The third-order valence-electron chi connectivity index (χ3n) is 14.5. The molecule has 23 N–H and O–H groups in total. The van der Waals surface area contributed by atoms with Crippen molar-refractivity contribution < 1.29 is 179 Å². The van der Waals surface area contributed by atoms with E-state index in [4.69, 9.17) is 61.6 Å². The van der Waals surface area contributed by atoms with Crippen LogP contribution in [-0.2, 0) is 61.6 Å². The fourth-order valence-electron chi connectivity index (χ4n) is 9.81. The van der Waals surface area contributed by atoms with Crippen LogP contribution >= 0.6 is 0 Å². The van der Waals surface area contributed by atoms with Crippen molar-refractivity contribution in [1.82, 2.24) is 0 Å². The second kappa shape index (κ2) is 27.5. The molecule has 0 radical (unpaired) electrons. The first-order valence-electron chi connectivity index (χ1n) is 24.7. The van der Waals surface area contributed by atoms with Gasteiger partial charge in [-0.05, 0) is 0 Å². The maximum absolute atomic E-state index is 12.1. The molecule has 0 amide bonds. The lowest BCUT2D eigenvalue weighted by molar-refractivity contribution is -0.412. The van der Waals surface area contributed by atoms with E-state index >= 15 is 0 Å². The van der Waals surface area contributed by atoms with E-state index in [-0.39, 0.29) is 0 Å². The van der Waals surface area contributed by atoms with Crippen molar-refractivity contribution in [3.05, 3.63) is 0 Å². The summed E-state index contributed by atoms with van der Waals surface area (Å²) in [7, 11) is 0. The second-order valence-corrected chi connectivity index (χ2v) is 19.6. The first-order valence-corrected chi connectivity index (χ1v) is 24.7. The highest BCUT2D eigenvalue weighted by Gasteiger charge is 2.59. The summed E-state index contributed by atoms with van der Waals surface area (Å²) in [5, 5.41) is 246. The van der Waals surface area contributed by atoms with Gasteiger partial charge in [0.25, 0.3) is 0 Å². The molecule has 7 aliphatic heterocycles. The Hall–Kier alpha value is -1.44. The van der Waals surface area contributed by atoms with E-state index in [9.17, 15) is 117 Å². The molecule has 7 heterocycles.